The standard InChI is InChI=1S/C24H32FN7O3S2/c1-31(2)24(35)13-4-6-15(28-22(36)20(33)30-19-7-5-14(25)11-26-19)17(10-13)27-21(34)23-29-16-8-9-32(3)12-18(16)37-23/h5,7,11,13,15,17,24,35H,4,6,8-10,12H2,1-3H3,(H,27,34)(H,28,36)(H,26,30,33)/t13-,15-,17+,24?/m0/s1. The van der Waals surface area contributed by atoms with Crippen LogP contribution in [0.5, 0.6) is 0 Å². The molecule has 4 rings (SSSR count). The van der Waals surface area contributed by atoms with E-state index in [1.807, 2.05) is 21.1 Å². The van der Waals surface area contributed by atoms with Crippen LogP contribution in [0.25, 0.3) is 0 Å². The molecule has 4 atom stereocenters. The average Bonchev–Trinajstić information content (AvgIpc) is 3.29. The fourth-order valence-electron chi connectivity index (χ4n) is 4.74. The Hall–Kier alpha value is -2.58. The minimum atomic E-state index is -0.664. The third-order valence-corrected chi connectivity index (χ3v) is 8.15. The van der Waals surface area contributed by atoms with Gasteiger partial charge in [-0.25, -0.2) is 14.4 Å². The van der Waals surface area contributed by atoms with E-state index in [9.17, 15) is 19.1 Å². The Morgan fingerprint density at radius 2 is 2.05 bits per heavy atom. The molecule has 0 spiro atoms. The molecule has 4 N–H and O–H groups in total. The molecule has 1 aliphatic carbocycles. The number of nitrogens with zero attached hydrogens (tertiary/aromatic N) is 4. The molecule has 10 nitrogen and oxygen atoms in total. The van der Waals surface area contributed by atoms with Crippen molar-refractivity contribution in [1.82, 2.24) is 30.4 Å². The van der Waals surface area contributed by atoms with Gasteiger partial charge >= 0.3 is 0 Å². The second-order valence-electron chi connectivity index (χ2n) is 9.80. The first kappa shape index (κ1) is 27.5. The Bertz CT molecular complexity index is 1140. The smallest absolute Gasteiger partial charge is 0.284 e. The summed E-state index contributed by atoms with van der Waals surface area (Å²) in [6.07, 6.45) is 2.92. The van der Waals surface area contributed by atoms with Crippen LogP contribution in [0.3, 0.4) is 0 Å². The minimum Gasteiger partial charge on any atom is -0.378 e. The summed E-state index contributed by atoms with van der Waals surface area (Å²) in [7, 11) is 5.66. The molecule has 1 unspecified atom stereocenters. The van der Waals surface area contributed by atoms with Gasteiger partial charge in [-0.15, -0.1) is 11.3 Å². The van der Waals surface area contributed by atoms with Crippen molar-refractivity contribution in [2.75, 3.05) is 33.0 Å². The zero-order valence-electron chi connectivity index (χ0n) is 21.0. The number of aromatic nitrogens is 2. The zero-order chi connectivity index (χ0) is 26.7. The van der Waals surface area contributed by atoms with Crippen molar-refractivity contribution in [2.45, 2.75) is 50.5 Å². The number of anilines is 1. The molecular formula is C24H32FN7O3S2. The van der Waals surface area contributed by atoms with Gasteiger partial charge in [-0.3, -0.25) is 14.5 Å². The van der Waals surface area contributed by atoms with Crippen LogP contribution in [0.15, 0.2) is 18.3 Å². The van der Waals surface area contributed by atoms with Crippen molar-refractivity contribution < 1.29 is 19.1 Å². The van der Waals surface area contributed by atoms with E-state index in [4.69, 9.17) is 12.2 Å². The molecule has 0 aromatic carbocycles. The third-order valence-electron chi connectivity index (χ3n) is 6.77. The number of pyridine rings is 1. The predicted octanol–water partition coefficient (Wildman–Crippen LogP) is 1.37. The molecule has 0 bridgehead atoms. The summed E-state index contributed by atoms with van der Waals surface area (Å²) in [5, 5.41) is 19.8. The summed E-state index contributed by atoms with van der Waals surface area (Å²) in [5.41, 5.74) is 0.972. The number of likely N-dealkylation sites (N-methyl/N-ethyl adjacent to an activating group) is 1. The van der Waals surface area contributed by atoms with Gasteiger partial charge in [0.15, 0.2) is 10.00 Å². The number of aliphatic hydroxyl groups is 1. The number of nitrogens with one attached hydrogen (secondary N) is 3. The molecule has 1 fully saturated rings. The minimum absolute atomic E-state index is 0.0604. The highest BCUT2D eigenvalue weighted by Crippen LogP contribution is 2.30. The number of halogens is 1. The van der Waals surface area contributed by atoms with Gasteiger partial charge in [-0.05, 0) is 52.5 Å². The van der Waals surface area contributed by atoms with Crippen LogP contribution < -0.4 is 16.0 Å². The van der Waals surface area contributed by atoms with E-state index in [1.165, 1.54) is 23.5 Å². The molecule has 1 saturated carbocycles. The number of hydrogen-bond donors (Lipinski definition) is 4. The number of hydrogen-bond acceptors (Lipinski definition) is 9. The van der Waals surface area contributed by atoms with Crippen molar-refractivity contribution in [3.63, 3.8) is 0 Å². The van der Waals surface area contributed by atoms with Crippen LogP contribution in [-0.2, 0) is 17.8 Å². The van der Waals surface area contributed by atoms with E-state index in [1.54, 1.807) is 4.90 Å². The van der Waals surface area contributed by atoms with Crippen molar-refractivity contribution in [3.05, 3.63) is 39.7 Å². The summed E-state index contributed by atoms with van der Waals surface area (Å²) in [5.74, 6) is -1.25. The number of aliphatic hydroxyl groups excluding tert-OH is 1. The van der Waals surface area contributed by atoms with Crippen LogP contribution in [-0.4, -0.2) is 87.7 Å². The van der Waals surface area contributed by atoms with Crippen molar-refractivity contribution in [3.8, 4) is 0 Å². The van der Waals surface area contributed by atoms with Gasteiger partial charge < -0.3 is 26.0 Å². The SMILES string of the molecule is CN1CCc2nc(C(=O)N[C@@H]3C[C@@H](C(O)N(C)C)CC[C@@H]3NC(=S)C(=O)Nc3ccc(F)cn3)sc2C1. The number of thiocarbonyl (C=S) groups is 1. The molecule has 3 heterocycles. The summed E-state index contributed by atoms with van der Waals surface area (Å²) in [6.45, 7) is 1.68. The van der Waals surface area contributed by atoms with Crippen molar-refractivity contribution in [2.24, 2.45) is 5.92 Å². The lowest BCUT2D eigenvalue weighted by Gasteiger charge is -2.40. The van der Waals surface area contributed by atoms with Crippen LogP contribution in [0.1, 0.15) is 39.6 Å². The number of rotatable bonds is 6. The fourth-order valence-corrected chi connectivity index (χ4v) is 6.03. The van der Waals surface area contributed by atoms with Crippen LogP contribution in [0.4, 0.5) is 10.2 Å². The highest BCUT2D eigenvalue weighted by Gasteiger charge is 2.37. The Labute approximate surface area is 224 Å². The lowest BCUT2D eigenvalue weighted by atomic mass is 9.81. The van der Waals surface area contributed by atoms with Crippen LogP contribution >= 0.6 is 23.6 Å². The molecule has 0 saturated heterocycles. The molecule has 2 aromatic heterocycles. The van der Waals surface area contributed by atoms with Gasteiger partial charge in [-0.1, -0.05) is 12.2 Å². The summed E-state index contributed by atoms with van der Waals surface area (Å²) >= 11 is 6.73. The summed E-state index contributed by atoms with van der Waals surface area (Å²) < 4.78 is 13.1. The molecule has 37 heavy (non-hydrogen) atoms. The first-order valence-corrected chi connectivity index (χ1v) is 13.4. The molecular weight excluding hydrogens is 517 g/mol. The van der Waals surface area contributed by atoms with E-state index >= 15 is 0 Å². The Kier molecular flexibility index (Phi) is 8.80. The molecule has 2 amide bonds. The topological polar surface area (TPSA) is 123 Å². The lowest BCUT2D eigenvalue weighted by Crippen LogP contribution is -2.57. The largest absolute Gasteiger partial charge is 0.378 e. The number of thiazole rings is 1. The predicted molar refractivity (Wildman–Crippen MR) is 143 cm³/mol. The first-order valence-electron chi connectivity index (χ1n) is 12.2. The van der Waals surface area contributed by atoms with E-state index in [-0.39, 0.29) is 34.7 Å². The maximum Gasteiger partial charge on any atom is 0.284 e. The molecule has 1 aliphatic heterocycles. The number of carbonyl (C=O) groups excluding carboxylic acids is 2. The zero-order valence-corrected chi connectivity index (χ0v) is 22.7. The van der Waals surface area contributed by atoms with Gasteiger partial charge in [0, 0.05) is 42.4 Å². The Balaban J connectivity index is 1.45. The van der Waals surface area contributed by atoms with E-state index in [0.717, 1.165) is 36.3 Å². The fraction of sp³-hybridized carbons (Fsp3) is 0.542. The second-order valence-corrected chi connectivity index (χ2v) is 11.3. The number of fused-ring (bicyclic) bond motifs is 1. The number of carbonyl (C=O) groups is 2. The highest BCUT2D eigenvalue weighted by atomic mass is 32.1. The van der Waals surface area contributed by atoms with Crippen LogP contribution in [0, 0.1) is 11.7 Å². The Morgan fingerprint density at radius 3 is 2.76 bits per heavy atom. The van der Waals surface area contributed by atoms with Gasteiger partial charge in [-0.2, -0.15) is 0 Å². The maximum atomic E-state index is 13.2. The maximum absolute atomic E-state index is 13.2. The third kappa shape index (κ3) is 6.85. The average molecular weight is 550 g/mol. The van der Waals surface area contributed by atoms with Crippen LogP contribution in [0.2, 0.25) is 0 Å². The van der Waals surface area contributed by atoms with Gasteiger partial charge in [0.1, 0.15) is 17.9 Å². The quantitative estimate of drug-likeness (QED) is 0.313. The molecule has 0 radical (unpaired) electrons. The van der Waals surface area contributed by atoms with E-state index in [2.05, 4.69) is 30.8 Å². The normalized spacial score (nSPS) is 22.7. The molecule has 200 valence electrons. The lowest BCUT2D eigenvalue weighted by molar-refractivity contribution is -0.110. The van der Waals surface area contributed by atoms with Crippen molar-refractivity contribution in [1.29, 1.82) is 0 Å². The van der Waals surface area contributed by atoms with Gasteiger partial charge in [0.05, 0.1) is 11.9 Å². The first-order chi connectivity index (χ1) is 17.6. The van der Waals surface area contributed by atoms with E-state index in [0.29, 0.717) is 24.3 Å². The van der Waals surface area contributed by atoms with Gasteiger partial charge in [0.25, 0.3) is 11.8 Å². The Morgan fingerprint density at radius 1 is 1.27 bits per heavy atom. The molecule has 2 aromatic rings. The summed E-state index contributed by atoms with van der Waals surface area (Å²) in [4.78, 5) is 39.2. The number of amides is 2. The monoisotopic (exact) mass is 549 g/mol. The van der Waals surface area contributed by atoms with Crippen molar-refractivity contribution >= 4 is 46.2 Å². The van der Waals surface area contributed by atoms with E-state index < -0.39 is 18.0 Å². The highest BCUT2D eigenvalue weighted by molar-refractivity contribution is 7.82. The van der Waals surface area contributed by atoms with Gasteiger partial charge in [0.2, 0.25) is 0 Å². The second kappa shape index (κ2) is 11.9. The molecule has 13 heteroatoms. The summed E-state index contributed by atoms with van der Waals surface area (Å²) in [6, 6.07) is 1.82. The molecule has 2 aliphatic rings.